The Balaban J connectivity index is 1.46. The summed E-state index contributed by atoms with van der Waals surface area (Å²) in [5.74, 6) is -2.68. The number of amides is 1. The third-order valence-electron chi connectivity index (χ3n) is 7.45. The summed E-state index contributed by atoms with van der Waals surface area (Å²) in [6, 6.07) is 10.9. The van der Waals surface area contributed by atoms with Crippen molar-refractivity contribution < 1.29 is 23.1 Å². The van der Waals surface area contributed by atoms with Crippen molar-refractivity contribution in [2.24, 2.45) is 7.05 Å². The van der Waals surface area contributed by atoms with Crippen LogP contribution in [0.4, 0.5) is 14.5 Å². The highest BCUT2D eigenvalue weighted by Gasteiger charge is 2.23. The van der Waals surface area contributed by atoms with E-state index in [1.807, 2.05) is 51.4 Å². The van der Waals surface area contributed by atoms with E-state index in [-0.39, 0.29) is 16.8 Å². The molecule has 5 rings (SSSR count). The van der Waals surface area contributed by atoms with Gasteiger partial charge in [-0.15, -0.1) is 0 Å². The van der Waals surface area contributed by atoms with Gasteiger partial charge in [0.15, 0.2) is 0 Å². The van der Waals surface area contributed by atoms with Crippen LogP contribution < -0.4 is 10.6 Å². The molecule has 0 saturated carbocycles. The number of rotatable bonds is 9. The van der Waals surface area contributed by atoms with Crippen LogP contribution in [0.5, 0.6) is 0 Å². The highest BCUT2D eigenvalue weighted by molar-refractivity contribution is 6.38. The van der Waals surface area contributed by atoms with E-state index in [9.17, 15) is 9.59 Å². The van der Waals surface area contributed by atoms with E-state index >= 15 is 8.78 Å². The molecule has 11 heteroatoms. The molecule has 0 spiro atoms. The van der Waals surface area contributed by atoms with E-state index in [0.717, 1.165) is 40.2 Å². The number of benzene rings is 2. The standard InChI is InChI=1S/C34H34ClF2N5O3/c1-19-15-26-32(39-27(18-45-6)41(26)5)30(35)29(19)21-9-8-14-42-24(21)11-12-25(42)33(44)20-16-22(36)31(23(37)17-20)40-28(43)10-7-13-38-34(2,3)4/h7-12,14-17,38H,13,18H2,1-6H3,(H,40,43)/b10-7+. The van der Waals surface area contributed by atoms with Crippen molar-refractivity contribution in [3.63, 3.8) is 0 Å². The number of fused-ring (bicyclic) bond motifs is 2. The SMILES string of the molecule is COCc1nc2c(Cl)c(-c3cccn4c(C(=O)c5cc(F)c(NC(=O)/C=C/CNC(C)(C)C)c(F)c5)ccc34)c(C)cc2n1C. The van der Waals surface area contributed by atoms with Crippen molar-refractivity contribution in [1.82, 2.24) is 19.3 Å². The summed E-state index contributed by atoms with van der Waals surface area (Å²) in [6.45, 7) is 8.61. The Morgan fingerprint density at radius 1 is 1.09 bits per heavy atom. The molecule has 0 aliphatic carbocycles. The highest BCUT2D eigenvalue weighted by Crippen LogP contribution is 2.39. The maximum Gasteiger partial charge on any atom is 0.248 e. The molecule has 2 aromatic carbocycles. The molecule has 0 atom stereocenters. The Hall–Kier alpha value is -4.38. The van der Waals surface area contributed by atoms with E-state index in [2.05, 4.69) is 10.6 Å². The molecule has 0 bridgehead atoms. The van der Waals surface area contributed by atoms with Gasteiger partial charge in [0.1, 0.15) is 35.3 Å². The summed E-state index contributed by atoms with van der Waals surface area (Å²) in [6.07, 6.45) is 4.45. The molecule has 0 fully saturated rings. The summed E-state index contributed by atoms with van der Waals surface area (Å²) >= 11 is 6.96. The van der Waals surface area contributed by atoms with Gasteiger partial charge >= 0.3 is 0 Å². The predicted octanol–water partition coefficient (Wildman–Crippen LogP) is 6.99. The number of carbonyl (C=O) groups excluding carboxylic acids is 2. The van der Waals surface area contributed by atoms with Crippen molar-refractivity contribution in [3.05, 3.63) is 100 Å². The largest absolute Gasteiger partial charge is 0.377 e. The van der Waals surface area contributed by atoms with E-state index in [4.69, 9.17) is 21.3 Å². The molecule has 2 N–H and O–H groups in total. The number of aromatic nitrogens is 3. The summed E-state index contributed by atoms with van der Waals surface area (Å²) in [7, 11) is 3.51. The van der Waals surface area contributed by atoms with E-state index in [0.29, 0.717) is 29.2 Å². The number of hydrogen-bond donors (Lipinski definition) is 2. The third kappa shape index (κ3) is 6.40. The highest BCUT2D eigenvalue weighted by atomic mass is 35.5. The molecule has 1 amide bonds. The summed E-state index contributed by atoms with van der Waals surface area (Å²) in [4.78, 5) is 30.5. The van der Waals surface area contributed by atoms with Gasteiger partial charge in [0.05, 0.1) is 21.7 Å². The molecule has 0 unspecified atom stereocenters. The Morgan fingerprint density at radius 2 is 1.80 bits per heavy atom. The number of carbonyl (C=O) groups is 2. The molecule has 3 aromatic heterocycles. The lowest BCUT2D eigenvalue weighted by atomic mass is 9.99. The fourth-order valence-electron chi connectivity index (χ4n) is 5.25. The number of pyridine rings is 1. The van der Waals surface area contributed by atoms with Crippen LogP contribution in [0.1, 0.15) is 48.2 Å². The molecule has 5 aromatic rings. The van der Waals surface area contributed by atoms with Crippen LogP contribution in [0.25, 0.3) is 27.7 Å². The second-order valence-corrected chi connectivity index (χ2v) is 12.2. The van der Waals surface area contributed by atoms with Gasteiger partial charge < -0.3 is 24.3 Å². The number of nitrogens with zero attached hydrogens (tertiary/aromatic N) is 3. The van der Waals surface area contributed by atoms with Gasteiger partial charge in [-0.1, -0.05) is 23.7 Å². The first-order valence-electron chi connectivity index (χ1n) is 14.3. The Morgan fingerprint density at radius 3 is 2.47 bits per heavy atom. The van der Waals surface area contributed by atoms with Crippen LogP contribution in [-0.4, -0.2) is 44.8 Å². The lowest BCUT2D eigenvalue weighted by molar-refractivity contribution is -0.112. The van der Waals surface area contributed by atoms with E-state index in [1.165, 1.54) is 6.08 Å². The molecule has 45 heavy (non-hydrogen) atoms. The van der Waals surface area contributed by atoms with Gasteiger partial charge in [0.2, 0.25) is 11.7 Å². The Kier molecular flexibility index (Phi) is 8.93. The average molecular weight is 634 g/mol. The first-order valence-corrected chi connectivity index (χ1v) is 14.7. The number of aryl methyl sites for hydroxylation is 2. The summed E-state index contributed by atoms with van der Waals surface area (Å²) < 4.78 is 38.9. The number of nitrogens with one attached hydrogen (secondary N) is 2. The van der Waals surface area contributed by atoms with Gasteiger partial charge in [-0.25, -0.2) is 13.8 Å². The van der Waals surface area contributed by atoms with Crippen molar-refractivity contribution >= 4 is 45.5 Å². The molecule has 0 radical (unpaired) electrons. The second kappa shape index (κ2) is 12.5. The van der Waals surface area contributed by atoms with E-state index in [1.54, 1.807) is 42.0 Å². The maximum absolute atomic E-state index is 15.0. The van der Waals surface area contributed by atoms with Crippen LogP contribution >= 0.6 is 11.6 Å². The maximum atomic E-state index is 15.0. The van der Waals surface area contributed by atoms with Gasteiger partial charge in [0, 0.05) is 55.2 Å². The molecule has 3 heterocycles. The predicted molar refractivity (Wildman–Crippen MR) is 173 cm³/mol. The quantitative estimate of drug-likeness (QED) is 0.135. The number of methoxy groups -OCH3 is 1. The molecule has 0 aliphatic rings. The van der Waals surface area contributed by atoms with Crippen LogP contribution in [0.2, 0.25) is 5.02 Å². The van der Waals surface area contributed by atoms with Crippen molar-refractivity contribution in [1.29, 1.82) is 0 Å². The first-order chi connectivity index (χ1) is 21.3. The third-order valence-corrected chi connectivity index (χ3v) is 7.81. The molecule has 8 nitrogen and oxygen atoms in total. The minimum atomic E-state index is -1.06. The zero-order valence-corrected chi connectivity index (χ0v) is 26.6. The summed E-state index contributed by atoms with van der Waals surface area (Å²) in [5, 5.41) is 5.86. The minimum Gasteiger partial charge on any atom is -0.377 e. The molecular formula is C34H34ClF2N5O3. The monoisotopic (exact) mass is 633 g/mol. The number of ether oxygens (including phenoxy) is 1. The average Bonchev–Trinajstić information content (AvgIpc) is 3.54. The molecule has 234 valence electrons. The number of imidazole rings is 1. The number of anilines is 1. The molecular weight excluding hydrogens is 600 g/mol. The van der Waals surface area contributed by atoms with E-state index < -0.39 is 29.0 Å². The zero-order chi connectivity index (χ0) is 32.6. The van der Waals surface area contributed by atoms with Gasteiger partial charge in [0.25, 0.3) is 0 Å². The topological polar surface area (TPSA) is 89.7 Å². The van der Waals surface area contributed by atoms with Crippen LogP contribution in [0.15, 0.2) is 60.8 Å². The van der Waals surface area contributed by atoms with Crippen LogP contribution in [0, 0.1) is 18.6 Å². The first kappa shape index (κ1) is 32.0. The zero-order valence-electron chi connectivity index (χ0n) is 25.9. The number of halogens is 3. The number of ketones is 1. The van der Waals surface area contributed by atoms with Crippen molar-refractivity contribution in [3.8, 4) is 11.1 Å². The van der Waals surface area contributed by atoms with Crippen molar-refractivity contribution in [2.45, 2.75) is 39.8 Å². The lowest BCUT2D eigenvalue weighted by Gasteiger charge is -2.18. The Labute approximate surface area is 264 Å². The normalized spacial score (nSPS) is 12.1. The fourth-order valence-corrected chi connectivity index (χ4v) is 5.64. The van der Waals surface area contributed by atoms with Gasteiger partial charge in [-0.3, -0.25) is 9.59 Å². The van der Waals surface area contributed by atoms with Gasteiger partial charge in [-0.2, -0.15) is 0 Å². The fraction of sp³-hybridized carbons (Fsp3) is 0.265. The smallest absolute Gasteiger partial charge is 0.248 e. The molecule has 0 saturated heterocycles. The summed E-state index contributed by atoms with van der Waals surface area (Å²) in [5.41, 5.74) is 3.82. The minimum absolute atomic E-state index is 0.150. The second-order valence-electron chi connectivity index (χ2n) is 11.8. The van der Waals surface area contributed by atoms with Crippen molar-refractivity contribution in [2.75, 3.05) is 19.0 Å². The molecule has 0 aliphatic heterocycles. The van der Waals surface area contributed by atoms with Crippen LogP contribution in [0.3, 0.4) is 0 Å². The lowest BCUT2D eigenvalue weighted by Crippen LogP contribution is -2.35. The van der Waals surface area contributed by atoms with Gasteiger partial charge in [-0.05, 0) is 69.7 Å². The Bertz CT molecular complexity index is 1960. The van der Waals surface area contributed by atoms with Crippen LogP contribution in [-0.2, 0) is 23.2 Å². The number of hydrogen-bond acceptors (Lipinski definition) is 5.